The van der Waals surface area contributed by atoms with Gasteiger partial charge in [0, 0.05) is 32.8 Å². The molecule has 2 aromatic carbocycles. The van der Waals surface area contributed by atoms with Crippen molar-refractivity contribution in [2.45, 2.75) is 18.4 Å². The van der Waals surface area contributed by atoms with Crippen LogP contribution >= 0.6 is 0 Å². The number of nitrogens with zero attached hydrogens (tertiary/aromatic N) is 2. The molecular formula is C22H19N3O4. The molecule has 0 saturated carbocycles. The highest BCUT2D eigenvalue weighted by Gasteiger charge is 2.47. The third kappa shape index (κ3) is 2.24. The van der Waals surface area contributed by atoms with Crippen LogP contribution in [0.2, 0.25) is 0 Å². The molecule has 6 rings (SSSR count). The van der Waals surface area contributed by atoms with E-state index >= 15 is 0 Å². The zero-order chi connectivity index (χ0) is 25.0. The molecule has 4 heterocycles. The number of aromatic amines is 1. The van der Waals surface area contributed by atoms with Crippen LogP contribution in [0.25, 0.3) is 10.9 Å². The summed E-state index contributed by atoms with van der Waals surface area (Å²) in [4.78, 5) is 31.8. The minimum absolute atomic E-state index is 0.00352. The number of carbonyl (C=O) groups is 2. The van der Waals surface area contributed by atoms with Crippen molar-refractivity contribution < 1.29 is 27.3 Å². The maximum Gasteiger partial charge on any atom is 0.245 e. The third-order valence-electron chi connectivity index (χ3n) is 5.39. The molecule has 0 radical (unpaired) electrons. The van der Waals surface area contributed by atoms with Gasteiger partial charge in [-0.1, -0.05) is 24.2 Å². The van der Waals surface area contributed by atoms with E-state index in [9.17, 15) is 11.0 Å². The largest absolute Gasteiger partial charge is 0.454 e. The Balaban J connectivity index is 1.77. The lowest BCUT2D eigenvalue weighted by Crippen LogP contribution is -2.62. The molecule has 2 atom stereocenters. The summed E-state index contributed by atoms with van der Waals surface area (Å²) in [5.41, 5.74) is 0.506. The van der Waals surface area contributed by atoms with E-state index in [-0.39, 0.29) is 47.2 Å². The van der Waals surface area contributed by atoms with E-state index in [0.29, 0.717) is 10.9 Å². The van der Waals surface area contributed by atoms with E-state index in [0.717, 1.165) is 9.80 Å². The van der Waals surface area contributed by atoms with Gasteiger partial charge in [-0.25, -0.2) is 0 Å². The van der Waals surface area contributed by atoms with E-state index in [4.69, 9.17) is 16.3 Å². The van der Waals surface area contributed by atoms with E-state index < -0.39 is 42.8 Å². The topological polar surface area (TPSA) is 74.9 Å². The van der Waals surface area contributed by atoms with Crippen LogP contribution in [0.5, 0.6) is 11.5 Å². The fraction of sp³-hybridized carbons (Fsp3) is 0.273. The van der Waals surface area contributed by atoms with Gasteiger partial charge in [0.05, 0.1) is 18.1 Å². The first-order valence-electron chi connectivity index (χ1n) is 12.1. The van der Waals surface area contributed by atoms with Crippen LogP contribution in [-0.4, -0.2) is 53.0 Å². The van der Waals surface area contributed by atoms with Crippen molar-refractivity contribution in [2.75, 3.05) is 20.4 Å². The molecule has 0 spiro atoms. The van der Waals surface area contributed by atoms with Gasteiger partial charge in [0.25, 0.3) is 0 Å². The molecule has 7 heteroatoms. The molecule has 3 aliphatic heterocycles. The Bertz CT molecular complexity index is 1470. The standard InChI is InChI=1S/C22H19N3O4/c1-24-10-19(26)25-16(22(24)27)9-14-13-4-2-3-5-15(13)23-20(14)21(25)12-6-7-17-18(8-12)29-11-28-17/h2-8,16,21,23H,9-11H2,1H3/t16-,21?/m1/s1/i6D,7D,8D,9D2,16D. The predicted octanol–water partition coefficient (Wildman–Crippen LogP) is 2.21. The second kappa shape index (κ2) is 5.76. The van der Waals surface area contributed by atoms with E-state index in [2.05, 4.69) is 4.98 Å². The van der Waals surface area contributed by atoms with Crippen molar-refractivity contribution in [1.29, 1.82) is 0 Å². The molecule has 1 aromatic heterocycles. The number of rotatable bonds is 1. The van der Waals surface area contributed by atoms with Gasteiger partial charge in [0.2, 0.25) is 18.6 Å². The lowest BCUT2D eigenvalue weighted by molar-refractivity contribution is -0.157. The number of fused-ring (bicyclic) bond motifs is 5. The number of amides is 2. The summed E-state index contributed by atoms with van der Waals surface area (Å²) in [6.07, 6.45) is -2.65. The van der Waals surface area contributed by atoms with Crippen molar-refractivity contribution in [3.63, 3.8) is 0 Å². The summed E-state index contributed by atoms with van der Waals surface area (Å²) >= 11 is 0. The second-order valence-corrected chi connectivity index (χ2v) is 7.11. The Morgan fingerprint density at radius 1 is 1.24 bits per heavy atom. The molecule has 7 nitrogen and oxygen atoms in total. The summed E-state index contributed by atoms with van der Waals surface area (Å²) in [7, 11) is 1.33. The van der Waals surface area contributed by atoms with Gasteiger partial charge in [-0.05, 0) is 29.3 Å². The average molecular weight is 395 g/mol. The molecule has 1 fully saturated rings. The number of para-hydroxylation sites is 1. The zero-order valence-corrected chi connectivity index (χ0v) is 15.3. The molecule has 3 aromatic rings. The van der Waals surface area contributed by atoms with Crippen molar-refractivity contribution in [1.82, 2.24) is 14.8 Å². The molecule has 0 bridgehead atoms. The Hall–Kier alpha value is -3.48. The van der Waals surface area contributed by atoms with Gasteiger partial charge >= 0.3 is 0 Å². The van der Waals surface area contributed by atoms with Gasteiger partial charge in [0.15, 0.2) is 11.5 Å². The number of hydrogen-bond acceptors (Lipinski definition) is 4. The monoisotopic (exact) mass is 395 g/mol. The lowest BCUT2D eigenvalue weighted by atomic mass is 9.86. The van der Waals surface area contributed by atoms with Crippen LogP contribution < -0.4 is 9.47 Å². The Kier molecular flexibility index (Phi) is 2.29. The fourth-order valence-electron chi connectivity index (χ4n) is 4.05. The number of aromatic nitrogens is 1. The van der Waals surface area contributed by atoms with Crippen LogP contribution in [0.3, 0.4) is 0 Å². The van der Waals surface area contributed by atoms with Crippen molar-refractivity contribution in [2.24, 2.45) is 0 Å². The molecular weight excluding hydrogens is 370 g/mol. The van der Waals surface area contributed by atoms with Gasteiger partial charge < -0.3 is 24.3 Å². The Labute approximate surface area is 175 Å². The normalized spacial score (nSPS) is 30.0. The first-order valence-corrected chi connectivity index (χ1v) is 9.09. The first kappa shape index (κ1) is 11.5. The fourth-order valence-corrected chi connectivity index (χ4v) is 4.05. The van der Waals surface area contributed by atoms with Crippen LogP contribution in [0, 0.1) is 0 Å². The average Bonchev–Trinajstić information content (AvgIpc) is 3.45. The van der Waals surface area contributed by atoms with Crippen LogP contribution in [-0.2, 0) is 16.0 Å². The van der Waals surface area contributed by atoms with Gasteiger partial charge in [-0.15, -0.1) is 0 Å². The molecule has 1 unspecified atom stereocenters. The van der Waals surface area contributed by atoms with Crippen molar-refractivity contribution >= 4 is 22.7 Å². The number of carbonyl (C=O) groups excluding carboxylic acids is 2. The third-order valence-corrected chi connectivity index (χ3v) is 5.39. The number of likely N-dealkylation sites (N-methyl/N-ethyl adjacent to an activating group) is 1. The van der Waals surface area contributed by atoms with E-state index in [1.54, 1.807) is 24.3 Å². The molecule has 1 N–H and O–H groups in total. The smallest absolute Gasteiger partial charge is 0.245 e. The van der Waals surface area contributed by atoms with Crippen molar-refractivity contribution in [3.05, 3.63) is 59.2 Å². The Morgan fingerprint density at radius 2 is 2.07 bits per heavy atom. The summed E-state index contributed by atoms with van der Waals surface area (Å²) < 4.78 is 63.8. The summed E-state index contributed by atoms with van der Waals surface area (Å²) in [5, 5.41) is 0.419. The number of hydrogen-bond donors (Lipinski definition) is 1. The lowest BCUT2D eigenvalue weighted by Gasteiger charge is -2.46. The number of piperazine rings is 1. The quantitative estimate of drug-likeness (QED) is 0.686. The molecule has 1 saturated heterocycles. The van der Waals surface area contributed by atoms with Crippen LogP contribution in [0.1, 0.15) is 31.1 Å². The van der Waals surface area contributed by atoms with Crippen LogP contribution in [0.4, 0.5) is 0 Å². The van der Waals surface area contributed by atoms with E-state index in [1.165, 1.54) is 7.05 Å². The molecule has 146 valence electrons. The maximum atomic E-state index is 13.4. The summed E-state index contributed by atoms with van der Waals surface area (Å²) in [6, 6.07) is 1.55. The Morgan fingerprint density at radius 3 is 2.97 bits per heavy atom. The zero-order valence-electron chi connectivity index (χ0n) is 21.3. The SMILES string of the molecule is [2H]c1c([2H])c(C2c3[nH]c4ccccc4c3C([2H])([2H])[C@]3([2H])C(=O)N(C)CC(=O)N23)c([2H])c2c1OCO2. The van der Waals surface area contributed by atoms with Gasteiger partial charge in [0.1, 0.15) is 6.02 Å². The van der Waals surface area contributed by atoms with Gasteiger partial charge in [-0.3, -0.25) is 9.59 Å². The minimum atomic E-state index is -2.73. The predicted molar refractivity (Wildman–Crippen MR) is 105 cm³/mol. The maximum absolute atomic E-state index is 13.4. The minimum Gasteiger partial charge on any atom is -0.454 e. The number of nitrogens with one attached hydrogen (secondary N) is 1. The van der Waals surface area contributed by atoms with Gasteiger partial charge in [-0.2, -0.15) is 0 Å². The molecule has 0 aliphatic carbocycles. The van der Waals surface area contributed by atoms with Crippen LogP contribution in [0.15, 0.2) is 42.4 Å². The number of H-pyrrole nitrogens is 1. The number of benzene rings is 2. The number of ether oxygens (including phenoxy) is 2. The molecule has 2 amide bonds. The second-order valence-electron chi connectivity index (χ2n) is 7.11. The molecule has 29 heavy (non-hydrogen) atoms. The van der Waals surface area contributed by atoms with Crippen molar-refractivity contribution in [3.8, 4) is 11.5 Å². The van der Waals surface area contributed by atoms with E-state index in [1.807, 2.05) is 0 Å². The highest BCUT2D eigenvalue weighted by Crippen LogP contribution is 2.44. The molecule has 3 aliphatic rings. The highest BCUT2D eigenvalue weighted by atomic mass is 16.7. The summed E-state index contributed by atoms with van der Waals surface area (Å²) in [5.74, 6) is -1.78. The summed E-state index contributed by atoms with van der Waals surface area (Å²) in [6.45, 7) is -0.643. The first-order chi connectivity index (χ1) is 16.5. The highest BCUT2D eigenvalue weighted by molar-refractivity contribution is 5.97.